The first kappa shape index (κ1) is 16.2. The molecule has 0 aromatic heterocycles. The molecule has 0 aliphatic heterocycles. The molecule has 0 heterocycles. The maximum absolute atomic E-state index is 14.0. The summed E-state index contributed by atoms with van der Waals surface area (Å²) >= 11 is 0. The van der Waals surface area contributed by atoms with Crippen molar-refractivity contribution in [3.8, 4) is 0 Å². The van der Waals surface area contributed by atoms with Crippen molar-refractivity contribution in [1.82, 2.24) is 0 Å². The quantitative estimate of drug-likeness (QED) is 0.626. The van der Waals surface area contributed by atoms with E-state index in [0.29, 0.717) is 12.0 Å². The van der Waals surface area contributed by atoms with E-state index in [-0.39, 0.29) is 17.7 Å². The van der Waals surface area contributed by atoms with Gasteiger partial charge in [-0.3, -0.25) is 9.10 Å². The molecule has 1 atom stereocenters. The summed E-state index contributed by atoms with van der Waals surface area (Å²) in [4.78, 5) is 10.6. The lowest BCUT2D eigenvalue weighted by Crippen LogP contribution is -2.29. The second kappa shape index (κ2) is 6.27. The van der Waals surface area contributed by atoms with Crippen LogP contribution in [-0.2, 0) is 16.3 Å². The number of rotatable bonds is 5. The van der Waals surface area contributed by atoms with Crippen LogP contribution in [0.15, 0.2) is 42.5 Å². The molecule has 0 radical (unpaired) electrons. The fourth-order valence-corrected chi connectivity index (χ4v) is 2.97. The fraction of sp³-hybridized carbons (Fsp3) is 0.125. The van der Waals surface area contributed by atoms with E-state index < -0.39 is 21.3 Å². The molecule has 0 bridgehead atoms. The molecule has 0 saturated carbocycles. The van der Waals surface area contributed by atoms with Crippen LogP contribution in [0.25, 0.3) is 0 Å². The van der Waals surface area contributed by atoms with E-state index in [4.69, 9.17) is 0 Å². The number of hydrogen-bond acceptors (Lipinski definition) is 2. The van der Waals surface area contributed by atoms with Gasteiger partial charge in [-0.15, -0.1) is 0 Å². The van der Waals surface area contributed by atoms with Gasteiger partial charge in [0.2, 0.25) is 0 Å². The molecule has 0 aliphatic rings. The zero-order valence-electron chi connectivity index (χ0n) is 12.0. The van der Waals surface area contributed by atoms with Crippen molar-refractivity contribution < 1.29 is 17.8 Å². The molecule has 0 saturated heterocycles. The highest BCUT2D eigenvalue weighted by molar-refractivity contribution is 8.00. The van der Waals surface area contributed by atoms with Crippen LogP contribution < -0.4 is 4.31 Å². The van der Waals surface area contributed by atoms with Gasteiger partial charge in [0.1, 0.15) is 17.9 Å². The Morgan fingerprint density at radius 1 is 1.23 bits per heavy atom. The smallest absolute Gasteiger partial charge is 0.150 e. The van der Waals surface area contributed by atoms with Gasteiger partial charge in [-0.1, -0.05) is 18.2 Å². The molecule has 0 N–H and O–H groups in total. The third-order valence-electron chi connectivity index (χ3n) is 3.09. The summed E-state index contributed by atoms with van der Waals surface area (Å²) in [6, 6.07) is 9.55. The van der Waals surface area contributed by atoms with Gasteiger partial charge in [-0.25, -0.2) is 13.0 Å². The molecule has 2 rings (SSSR count). The second-order valence-electron chi connectivity index (χ2n) is 4.94. The van der Waals surface area contributed by atoms with Gasteiger partial charge in [0.25, 0.3) is 0 Å². The SMILES string of the molecule is C=S(C)(=O)N(Cc1ccc(C=O)cc1F)c1cccc(F)c1. The van der Waals surface area contributed by atoms with Crippen molar-refractivity contribution in [3.05, 3.63) is 65.2 Å². The number of hydrogen-bond donors (Lipinski definition) is 0. The summed E-state index contributed by atoms with van der Waals surface area (Å²) in [7, 11) is -2.73. The topological polar surface area (TPSA) is 37.4 Å². The molecule has 0 spiro atoms. The molecular weight excluding hydrogens is 308 g/mol. The Labute approximate surface area is 128 Å². The summed E-state index contributed by atoms with van der Waals surface area (Å²) in [6.07, 6.45) is 1.94. The Morgan fingerprint density at radius 3 is 2.50 bits per heavy atom. The maximum atomic E-state index is 14.0. The van der Waals surface area contributed by atoms with Gasteiger partial charge >= 0.3 is 0 Å². The molecule has 2 aromatic rings. The molecule has 3 nitrogen and oxygen atoms in total. The Kier molecular flexibility index (Phi) is 4.61. The van der Waals surface area contributed by atoms with Crippen molar-refractivity contribution in [2.75, 3.05) is 10.6 Å². The first-order valence-electron chi connectivity index (χ1n) is 6.40. The first-order chi connectivity index (χ1) is 10.3. The normalized spacial score (nSPS) is 13.4. The largest absolute Gasteiger partial charge is 0.298 e. The summed E-state index contributed by atoms with van der Waals surface area (Å²) in [6.45, 7) is -0.0484. The van der Waals surface area contributed by atoms with Crippen LogP contribution in [0.2, 0.25) is 0 Å². The summed E-state index contributed by atoms with van der Waals surface area (Å²) in [5.41, 5.74) is 0.805. The van der Waals surface area contributed by atoms with Crippen molar-refractivity contribution in [3.63, 3.8) is 0 Å². The highest BCUT2D eigenvalue weighted by atomic mass is 32.2. The van der Waals surface area contributed by atoms with E-state index in [9.17, 15) is 17.8 Å². The van der Waals surface area contributed by atoms with Gasteiger partial charge in [-0.2, -0.15) is 0 Å². The monoisotopic (exact) mass is 323 g/mol. The predicted molar refractivity (Wildman–Crippen MR) is 85.6 cm³/mol. The molecule has 6 heteroatoms. The Bertz CT molecular complexity index is 804. The van der Waals surface area contributed by atoms with E-state index in [1.54, 1.807) is 6.07 Å². The molecule has 0 aliphatic carbocycles. The van der Waals surface area contributed by atoms with Crippen molar-refractivity contribution >= 4 is 27.6 Å². The highest BCUT2D eigenvalue weighted by Gasteiger charge is 2.16. The lowest BCUT2D eigenvalue weighted by Gasteiger charge is -2.26. The van der Waals surface area contributed by atoms with Crippen LogP contribution in [0.5, 0.6) is 0 Å². The van der Waals surface area contributed by atoms with E-state index in [1.807, 2.05) is 0 Å². The number of carbonyl (C=O) groups is 1. The van der Waals surface area contributed by atoms with Gasteiger partial charge in [0, 0.05) is 27.1 Å². The number of aldehydes is 1. The molecule has 0 fully saturated rings. The van der Waals surface area contributed by atoms with Gasteiger partial charge in [0.05, 0.1) is 12.2 Å². The Balaban J connectivity index is 2.42. The van der Waals surface area contributed by atoms with E-state index in [0.717, 1.165) is 6.07 Å². The third kappa shape index (κ3) is 3.71. The Morgan fingerprint density at radius 2 is 1.95 bits per heavy atom. The van der Waals surface area contributed by atoms with Crippen LogP contribution in [0.3, 0.4) is 0 Å². The summed E-state index contributed by atoms with van der Waals surface area (Å²) < 4.78 is 41.1. The van der Waals surface area contributed by atoms with E-state index in [1.165, 1.54) is 40.9 Å². The summed E-state index contributed by atoms with van der Waals surface area (Å²) in [5, 5.41) is 0. The van der Waals surface area contributed by atoms with Crippen LogP contribution in [0.4, 0.5) is 14.5 Å². The van der Waals surface area contributed by atoms with Crippen molar-refractivity contribution in [2.24, 2.45) is 0 Å². The van der Waals surface area contributed by atoms with Crippen LogP contribution >= 0.6 is 0 Å². The van der Waals surface area contributed by atoms with E-state index in [2.05, 4.69) is 5.87 Å². The second-order valence-corrected chi connectivity index (χ2v) is 7.30. The van der Waals surface area contributed by atoms with Crippen LogP contribution in [0.1, 0.15) is 15.9 Å². The predicted octanol–water partition coefficient (Wildman–Crippen LogP) is 3.05. The van der Waals surface area contributed by atoms with Crippen molar-refractivity contribution in [1.29, 1.82) is 0 Å². The first-order valence-corrected chi connectivity index (χ1v) is 8.49. The van der Waals surface area contributed by atoms with Gasteiger partial charge in [0.15, 0.2) is 0 Å². The van der Waals surface area contributed by atoms with Gasteiger partial charge < -0.3 is 0 Å². The van der Waals surface area contributed by atoms with Crippen LogP contribution in [-0.4, -0.2) is 22.6 Å². The average Bonchev–Trinajstić information content (AvgIpc) is 2.44. The maximum Gasteiger partial charge on any atom is 0.150 e. The summed E-state index contributed by atoms with van der Waals surface area (Å²) in [5.74, 6) is 2.52. The fourth-order valence-electron chi connectivity index (χ4n) is 2.00. The minimum absolute atomic E-state index is 0.0484. The molecule has 0 amide bonds. The molecule has 2 aromatic carbocycles. The highest BCUT2D eigenvalue weighted by Crippen LogP contribution is 2.22. The number of benzene rings is 2. The minimum atomic E-state index is -2.73. The lowest BCUT2D eigenvalue weighted by molar-refractivity contribution is 0.112. The van der Waals surface area contributed by atoms with Crippen molar-refractivity contribution in [2.45, 2.75) is 6.54 Å². The third-order valence-corrected chi connectivity index (χ3v) is 4.36. The number of anilines is 1. The zero-order chi connectivity index (χ0) is 16.3. The standard InChI is InChI=1S/C16H15F2NO2S/c1-22(2,21)19(15-5-3-4-14(17)9-15)10-13-7-6-12(11-20)8-16(13)18/h3-9,11H,1,10H2,2H3. The van der Waals surface area contributed by atoms with E-state index >= 15 is 0 Å². The number of carbonyl (C=O) groups excluding carboxylic acids is 1. The molecule has 1 unspecified atom stereocenters. The number of nitrogens with zero attached hydrogens (tertiary/aromatic N) is 1. The molecular formula is C16H15F2NO2S. The average molecular weight is 323 g/mol. The molecule has 116 valence electrons. The lowest BCUT2D eigenvalue weighted by atomic mass is 10.1. The van der Waals surface area contributed by atoms with Crippen LogP contribution in [0, 0.1) is 11.6 Å². The minimum Gasteiger partial charge on any atom is -0.298 e. The Hall–Kier alpha value is -2.21. The molecule has 22 heavy (non-hydrogen) atoms. The zero-order valence-corrected chi connectivity index (χ0v) is 12.8. The number of halogens is 2. The van der Waals surface area contributed by atoms with Gasteiger partial charge in [-0.05, 0) is 30.1 Å².